The molecule has 0 aliphatic carbocycles. The van der Waals surface area contributed by atoms with Gasteiger partial charge in [0.25, 0.3) is 5.69 Å². The highest BCUT2D eigenvalue weighted by Crippen LogP contribution is 2.21. The lowest BCUT2D eigenvalue weighted by molar-refractivity contribution is -0.384. The summed E-state index contributed by atoms with van der Waals surface area (Å²) in [4.78, 5) is 10.2. The molecule has 0 unspecified atom stereocenters. The second-order valence-corrected chi connectivity index (χ2v) is 3.51. The van der Waals surface area contributed by atoms with Gasteiger partial charge >= 0.3 is 0 Å². The van der Waals surface area contributed by atoms with Crippen molar-refractivity contribution in [3.8, 4) is 0 Å². The van der Waals surface area contributed by atoms with Gasteiger partial charge in [-0.15, -0.1) is 0 Å². The molecule has 16 heavy (non-hydrogen) atoms. The van der Waals surface area contributed by atoms with Gasteiger partial charge in [-0.2, -0.15) is 0 Å². The van der Waals surface area contributed by atoms with Crippen LogP contribution in [0.25, 0.3) is 5.70 Å². The summed E-state index contributed by atoms with van der Waals surface area (Å²) < 4.78 is 0. The summed E-state index contributed by atoms with van der Waals surface area (Å²) in [6.07, 6.45) is 1.51. The van der Waals surface area contributed by atoms with Crippen LogP contribution in [0, 0.1) is 17.0 Å². The van der Waals surface area contributed by atoms with Crippen molar-refractivity contribution in [1.82, 2.24) is 5.01 Å². The van der Waals surface area contributed by atoms with E-state index in [2.05, 4.69) is 0 Å². The van der Waals surface area contributed by atoms with E-state index in [-0.39, 0.29) is 5.69 Å². The Morgan fingerprint density at radius 3 is 2.69 bits per heavy atom. The zero-order chi connectivity index (χ0) is 12.3. The van der Waals surface area contributed by atoms with Gasteiger partial charge in [0.15, 0.2) is 0 Å². The molecule has 0 aliphatic heterocycles. The number of nitrogens with zero attached hydrogens (tertiary/aromatic N) is 2. The molecule has 86 valence electrons. The van der Waals surface area contributed by atoms with Gasteiger partial charge in [-0.3, -0.25) is 10.1 Å². The predicted octanol–water partition coefficient (Wildman–Crippen LogP) is 0.966. The first-order chi connectivity index (χ1) is 7.41. The monoisotopic (exact) mass is 222 g/mol. The summed E-state index contributed by atoms with van der Waals surface area (Å²) >= 11 is 0. The van der Waals surface area contributed by atoms with E-state index in [1.807, 2.05) is 6.92 Å². The molecular formula is C10H14N4O2. The number of hydrogen-bond acceptors (Lipinski definition) is 5. The summed E-state index contributed by atoms with van der Waals surface area (Å²) in [7, 11) is 1.62. The molecule has 0 aromatic heterocycles. The summed E-state index contributed by atoms with van der Waals surface area (Å²) in [6.45, 7) is 1.83. The van der Waals surface area contributed by atoms with Crippen LogP contribution in [0.3, 0.4) is 0 Å². The number of nitro benzene ring substituents is 1. The first kappa shape index (κ1) is 12.0. The quantitative estimate of drug-likeness (QED) is 0.451. The number of nitro groups is 1. The average molecular weight is 222 g/mol. The van der Waals surface area contributed by atoms with E-state index >= 15 is 0 Å². The maximum absolute atomic E-state index is 10.6. The highest BCUT2D eigenvalue weighted by Gasteiger charge is 2.10. The molecule has 0 heterocycles. The fourth-order valence-corrected chi connectivity index (χ4v) is 1.32. The molecule has 0 aliphatic rings. The van der Waals surface area contributed by atoms with Crippen LogP contribution < -0.4 is 11.6 Å². The van der Waals surface area contributed by atoms with Crippen molar-refractivity contribution in [2.45, 2.75) is 6.92 Å². The van der Waals surface area contributed by atoms with Gasteiger partial charge < -0.3 is 10.7 Å². The Kier molecular flexibility index (Phi) is 3.47. The van der Waals surface area contributed by atoms with E-state index in [1.54, 1.807) is 13.1 Å². The molecule has 0 saturated heterocycles. The number of non-ortho nitro benzene ring substituents is 1. The van der Waals surface area contributed by atoms with Crippen molar-refractivity contribution in [2.75, 3.05) is 7.05 Å². The highest BCUT2D eigenvalue weighted by atomic mass is 16.6. The Labute approximate surface area is 93.3 Å². The van der Waals surface area contributed by atoms with Gasteiger partial charge in [-0.1, -0.05) is 6.07 Å². The molecule has 0 bridgehead atoms. The van der Waals surface area contributed by atoms with Crippen molar-refractivity contribution in [3.05, 3.63) is 45.6 Å². The van der Waals surface area contributed by atoms with Crippen LogP contribution in [0.15, 0.2) is 24.4 Å². The molecule has 0 amide bonds. The molecule has 1 rings (SSSR count). The van der Waals surface area contributed by atoms with Crippen LogP contribution in [-0.2, 0) is 0 Å². The molecular weight excluding hydrogens is 208 g/mol. The molecule has 0 radical (unpaired) electrons. The van der Waals surface area contributed by atoms with Crippen LogP contribution in [0.4, 0.5) is 5.69 Å². The second kappa shape index (κ2) is 4.63. The smallest absolute Gasteiger partial charge is 0.270 e. The summed E-state index contributed by atoms with van der Waals surface area (Å²) in [6, 6.07) is 4.54. The topological polar surface area (TPSA) is 98.4 Å². The van der Waals surface area contributed by atoms with Crippen LogP contribution in [-0.4, -0.2) is 17.0 Å². The number of nitrogens with two attached hydrogens (primary N) is 2. The van der Waals surface area contributed by atoms with Gasteiger partial charge in [0.2, 0.25) is 0 Å². The highest BCUT2D eigenvalue weighted by molar-refractivity contribution is 5.67. The fraction of sp³-hybridized carbons (Fsp3) is 0.200. The largest absolute Gasteiger partial charge is 0.397 e. The van der Waals surface area contributed by atoms with Crippen molar-refractivity contribution in [2.24, 2.45) is 11.6 Å². The summed E-state index contributed by atoms with van der Waals surface area (Å²) in [5.41, 5.74) is 7.67. The number of rotatable bonds is 3. The molecule has 6 nitrogen and oxygen atoms in total. The van der Waals surface area contributed by atoms with E-state index in [9.17, 15) is 10.1 Å². The zero-order valence-electron chi connectivity index (χ0n) is 9.18. The molecule has 0 atom stereocenters. The molecule has 1 aromatic carbocycles. The summed E-state index contributed by atoms with van der Waals surface area (Å²) in [5, 5.41) is 11.9. The van der Waals surface area contributed by atoms with Crippen molar-refractivity contribution < 1.29 is 4.92 Å². The molecule has 0 fully saturated rings. The third kappa shape index (κ3) is 2.71. The van der Waals surface area contributed by atoms with Crippen LogP contribution in [0.1, 0.15) is 11.1 Å². The number of hydrazine groups is 1. The Bertz CT molecular complexity index is 440. The van der Waals surface area contributed by atoms with E-state index in [4.69, 9.17) is 11.6 Å². The van der Waals surface area contributed by atoms with Gasteiger partial charge in [0.1, 0.15) is 0 Å². The number of hydrogen-bond donors (Lipinski definition) is 2. The minimum atomic E-state index is -0.456. The minimum absolute atomic E-state index is 0.0108. The van der Waals surface area contributed by atoms with E-state index < -0.39 is 4.92 Å². The van der Waals surface area contributed by atoms with Gasteiger partial charge in [0.05, 0.1) is 10.6 Å². The Morgan fingerprint density at radius 1 is 1.56 bits per heavy atom. The van der Waals surface area contributed by atoms with Gasteiger partial charge in [-0.05, 0) is 12.5 Å². The first-order valence-electron chi connectivity index (χ1n) is 4.62. The Morgan fingerprint density at radius 2 is 2.19 bits per heavy atom. The number of benzene rings is 1. The minimum Gasteiger partial charge on any atom is -0.397 e. The van der Waals surface area contributed by atoms with Crippen LogP contribution in [0.5, 0.6) is 0 Å². The maximum Gasteiger partial charge on any atom is 0.270 e. The fourth-order valence-electron chi connectivity index (χ4n) is 1.32. The lowest BCUT2D eigenvalue weighted by atomic mass is 10.1. The van der Waals surface area contributed by atoms with E-state index in [0.29, 0.717) is 11.3 Å². The summed E-state index contributed by atoms with van der Waals surface area (Å²) in [5.74, 6) is 5.42. The first-order valence-corrected chi connectivity index (χ1v) is 4.62. The molecule has 6 heteroatoms. The standard InChI is InChI=1S/C10H14N4O2/c1-7-3-4-8(14(15)16)5-9(7)10(11)6-13(2)12/h3-6H,11-12H2,1-2H3/b10-6-. The average Bonchev–Trinajstić information content (AvgIpc) is 2.16. The third-order valence-electron chi connectivity index (χ3n) is 2.09. The van der Waals surface area contributed by atoms with E-state index in [1.165, 1.54) is 23.3 Å². The second-order valence-electron chi connectivity index (χ2n) is 3.51. The van der Waals surface area contributed by atoms with Crippen LogP contribution in [0.2, 0.25) is 0 Å². The lowest BCUT2D eigenvalue weighted by Gasteiger charge is -2.10. The predicted molar refractivity (Wildman–Crippen MR) is 61.9 cm³/mol. The normalized spacial score (nSPS) is 11.3. The van der Waals surface area contributed by atoms with Crippen molar-refractivity contribution in [1.29, 1.82) is 0 Å². The van der Waals surface area contributed by atoms with Crippen molar-refractivity contribution >= 4 is 11.4 Å². The van der Waals surface area contributed by atoms with Crippen LogP contribution >= 0.6 is 0 Å². The third-order valence-corrected chi connectivity index (χ3v) is 2.09. The maximum atomic E-state index is 10.6. The Hall–Kier alpha value is -2.08. The zero-order valence-corrected chi connectivity index (χ0v) is 9.18. The molecule has 4 N–H and O–H groups in total. The Balaban J connectivity index is 3.22. The number of aryl methyl sites for hydroxylation is 1. The lowest BCUT2D eigenvalue weighted by Crippen LogP contribution is -2.20. The van der Waals surface area contributed by atoms with Crippen molar-refractivity contribution in [3.63, 3.8) is 0 Å². The molecule has 1 aromatic rings. The molecule has 0 saturated carbocycles. The van der Waals surface area contributed by atoms with Gasteiger partial charge in [0, 0.05) is 30.9 Å². The SMILES string of the molecule is Cc1ccc([N+](=O)[O-])cc1/C(N)=C/N(C)N. The van der Waals surface area contributed by atoms with E-state index in [0.717, 1.165) is 5.56 Å². The molecule has 0 spiro atoms. The van der Waals surface area contributed by atoms with Gasteiger partial charge in [-0.25, -0.2) is 5.84 Å².